The zero-order chi connectivity index (χ0) is 14.9. The van der Waals surface area contributed by atoms with E-state index in [-0.39, 0.29) is 15.3 Å². The average molecular weight is 384 g/mol. The number of pyridine rings is 1. The van der Waals surface area contributed by atoms with E-state index in [4.69, 9.17) is 11.6 Å². The molecule has 0 saturated carbocycles. The molecule has 0 aliphatic heterocycles. The van der Waals surface area contributed by atoms with Gasteiger partial charge in [-0.1, -0.05) is 11.6 Å². The van der Waals surface area contributed by atoms with E-state index >= 15 is 0 Å². The molecule has 9 heteroatoms. The van der Waals surface area contributed by atoms with Crippen LogP contribution in [-0.4, -0.2) is 13.4 Å². The van der Waals surface area contributed by atoms with Crippen molar-refractivity contribution in [3.8, 4) is 0 Å². The van der Waals surface area contributed by atoms with Gasteiger partial charge in [0.1, 0.15) is 16.5 Å². The van der Waals surface area contributed by atoms with E-state index in [2.05, 4.69) is 20.9 Å². The van der Waals surface area contributed by atoms with Crippen LogP contribution in [0.15, 0.2) is 39.8 Å². The van der Waals surface area contributed by atoms with Crippen LogP contribution < -0.4 is 4.72 Å². The van der Waals surface area contributed by atoms with Crippen LogP contribution in [0.4, 0.5) is 14.6 Å². The van der Waals surface area contributed by atoms with Crippen molar-refractivity contribution in [3.63, 3.8) is 0 Å². The monoisotopic (exact) mass is 382 g/mol. The van der Waals surface area contributed by atoms with Crippen molar-refractivity contribution in [1.82, 2.24) is 4.98 Å². The number of sulfonamides is 1. The summed E-state index contributed by atoms with van der Waals surface area (Å²) in [5, 5.41) is 0.0507. The lowest BCUT2D eigenvalue weighted by Gasteiger charge is -2.10. The van der Waals surface area contributed by atoms with Crippen LogP contribution in [0.3, 0.4) is 0 Å². The molecule has 0 saturated heterocycles. The highest BCUT2D eigenvalue weighted by atomic mass is 79.9. The third kappa shape index (κ3) is 3.08. The van der Waals surface area contributed by atoms with Crippen LogP contribution in [0.25, 0.3) is 0 Å². The van der Waals surface area contributed by atoms with Crippen molar-refractivity contribution in [2.24, 2.45) is 0 Å². The Bertz CT molecular complexity index is 748. The molecule has 0 aliphatic rings. The van der Waals surface area contributed by atoms with Crippen molar-refractivity contribution in [2.45, 2.75) is 4.90 Å². The normalized spacial score (nSPS) is 11.4. The molecule has 1 aromatic carbocycles. The highest BCUT2D eigenvalue weighted by Crippen LogP contribution is 2.29. The molecule has 0 amide bonds. The first-order chi connectivity index (χ1) is 9.31. The Labute approximate surface area is 127 Å². The van der Waals surface area contributed by atoms with Crippen molar-refractivity contribution in [3.05, 3.63) is 51.6 Å². The molecule has 0 radical (unpaired) electrons. The molecule has 0 bridgehead atoms. The summed E-state index contributed by atoms with van der Waals surface area (Å²) >= 11 is 8.58. The van der Waals surface area contributed by atoms with E-state index in [1.807, 2.05) is 4.72 Å². The Morgan fingerprint density at radius 2 is 2.00 bits per heavy atom. The third-order valence-corrected chi connectivity index (χ3v) is 4.83. The molecular formula is C11H6BrClF2N2O2S. The maximum Gasteiger partial charge on any atom is 0.267 e. The molecule has 106 valence electrons. The van der Waals surface area contributed by atoms with Gasteiger partial charge < -0.3 is 0 Å². The molecule has 1 aromatic heterocycles. The molecule has 0 aliphatic carbocycles. The van der Waals surface area contributed by atoms with E-state index in [9.17, 15) is 17.2 Å². The first-order valence-corrected chi connectivity index (χ1v) is 7.74. The largest absolute Gasteiger partial charge is 0.267 e. The van der Waals surface area contributed by atoms with Gasteiger partial charge in [0.2, 0.25) is 0 Å². The minimum absolute atomic E-state index is 0.0507. The summed E-state index contributed by atoms with van der Waals surface area (Å²) in [6.45, 7) is 0. The van der Waals surface area contributed by atoms with Gasteiger partial charge in [0.25, 0.3) is 10.0 Å². The lowest BCUT2D eigenvalue weighted by atomic mass is 10.3. The van der Waals surface area contributed by atoms with Crippen molar-refractivity contribution in [1.29, 1.82) is 0 Å². The summed E-state index contributed by atoms with van der Waals surface area (Å²) in [5.74, 6) is -2.27. The standard InChI is InChI=1S/C11H6BrClF2N2O2S/c12-7-4-6(14)5-9(15)10(7)20(18,19)17-11-8(13)2-1-3-16-11/h1-5H,(H,16,17). The summed E-state index contributed by atoms with van der Waals surface area (Å²) in [6, 6.07) is 4.24. The molecule has 1 N–H and O–H groups in total. The molecular weight excluding hydrogens is 378 g/mol. The fraction of sp³-hybridized carbons (Fsp3) is 0. The summed E-state index contributed by atoms with van der Waals surface area (Å²) < 4.78 is 52.6. The Kier molecular flexibility index (Phi) is 4.26. The minimum Gasteiger partial charge on any atom is -0.262 e. The van der Waals surface area contributed by atoms with E-state index in [0.717, 1.165) is 6.07 Å². The number of hydrogen-bond donors (Lipinski definition) is 1. The van der Waals surface area contributed by atoms with Crippen LogP contribution in [-0.2, 0) is 10.0 Å². The highest BCUT2D eigenvalue weighted by molar-refractivity contribution is 9.10. The first kappa shape index (κ1) is 15.1. The molecule has 0 atom stereocenters. The molecule has 0 fully saturated rings. The van der Waals surface area contributed by atoms with Crippen LogP contribution in [0.5, 0.6) is 0 Å². The van der Waals surface area contributed by atoms with Gasteiger partial charge >= 0.3 is 0 Å². The number of aromatic nitrogens is 1. The molecule has 20 heavy (non-hydrogen) atoms. The first-order valence-electron chi connectivity index (χ1n) is 5.09. The molecule has 2 rings (SSSR count). The SMILES string of the molecule is O=S(=O)(Nc1ncccc1Cl)c1c(F)cc(F)cc1Br. The fourth-order valence-electron chi connectivity index (χ4n) is 1.42. The lowest BCUT2D eigenvalue weighted by Crippen LogP contribution is -2.16. The van der Waals surface area contributed by atoms with Crippen LogP contribution >= 0.6 is 27.5 Å². The van der Waals surface area contributed by atoms with Crippen LogP contribution in [0.1, 0.15) is 0 Å². The molecule has 4 nitrogen and oxygen atoms in total. The smallest absolute Gasteiger partial charge is 0.262 e. The van der Waals surface area contributed by atoms with Gasteiger partial charge in [0, 0.05) is 16.7 Å². The number of halogens is 4. The Morgan fingerprint density at radius 3 is 2.60 bits per heavy atom. The fourth-order valence-corrected chi connectivity index (χ4v) is 3.85. The second-order valence-corrected chi connectivity index (χ2v) is 6.52. The van der Waals surface area contributed by atoms with Gasteiger partial charge in [-0.2, -0.15) is 0 Å². The van der Waals surface area contributed by atoms with Crippen molar-refractivity contribution >= 4 is 43.4 Å². The van der Waals surface area contributed by atoms with Gasteiger partial charge in [0.15, 0.2) is 5.82 Å². The van der Waals surface area contributed by atoms with Gasteiger partial charge in [0.05, 0.1) is 5.02 Å². The summed E-state index contributed by atoms with van der Waals surface area (Å²) in [6.07, 6.45) is 1.32. The van der Waals surface area contributed by atoms with Crippen molar-refractivity contribution in [2.75, 3.05) is 4.72 Å². The summed E-state index contributed by atoms with van der Waals surface area (Å²) in [4.78, 5) is 3.01. The predicted octanol–water partition coefficient (Wildman–Crippen LogP) is 3.58. The number of anilines is 1. The average Bonchev–Trinajstić information content (AvgIpc) is 2.30. The Hall–Kier alpha value is -1.25. The maximum atomic E-state index is 13.7. The van der Waals surface area contributed by atoms with Gasteiger partial charge in [-0.3, -0.25) is 4.72 Å². The maximum absolute atomic E-state index is 13.7. The van der Waals surface area contributed by atoms with Gasteiger partial charge in [-0.15, -0.1) is 0 Å². The Balaban J connectivity index is 2.50. The van der Waals surface area contributed by atoms with Crippen molar-refractivity contribution < 1.29 is 17.2 Å². The zero-order valence-corrected chi connectivity index (χ0v) is 12.7. The third-order valence-electron chi connectivity index (χ3n) is 2.22. The van der Waals surface area contributed by atoms with Gasteiger partial charge in [-0.25, -0.2) is 22.2 Å². The number of nitrogens with one attached hydrogen (secondary N) is 1. The second-order valence-electron chi connectivity index (χ2n) is 3.64. The highest BCUT2D eigenvalue weighted by Gasteiger charge is 2.24. The number of rotatable bonds is 3. The quantitative estimate of drug-likeness (QED) is 0.881. The number of hydrogen-bond acceptors (Lipinski definition) is 3. The number of benzene rings is 1. The summed E-state index contributed by atoms with van der Waals surface area (Å²) in [7, 11) is -4.30. The Morgan fingerprint density at radius 1 is 1.30 bits per heavy atom. The van der Waals surface area contributed by atoms with Crippen LogP contribution in [0, 0.1) is 11.6 Å². The topological polar surface area (TPSA) is 59.1 Å². The minimum atomic E-state index is -4.30. The molecule has 2 aromatic rings. The van der Waals surface area contributed by atoms with E-state index in [0.29, 0.717) is 6.07 Å². The molecule has 0 unspecified atom stereocenters. The molecule has 0 spiro atoms. The number of nitrogens with zero attached hydrogens (tertiary/aromatic N) is 1. The lowest BCUT2D eigenvalue weighted by molar-refractivity contribution is 0.548. The van der Waals surface area contributed by atoms with E-state index in [1.165, 1.54) is 18.3 Å². The molecule has 1 heterocycles. The van der Waals surface area contributed by atoms with E-state index in [1.54, 1.807) is 0 Å². The summed E-state index contributed by atoms with van der Waals surface area (Å²) in [5.41, 5.74) is 0. The van der Waals surface area contributed by atoms with Crippen LogP contribution in [0.2, 0.25) is 5.02 Å². The van der Waals surface area contributed by atoms with Gasteiger partial charge in [-0.05, 0) is 34.1 Å². The zero-order valence-electron chi connectivity index (χ0n) is 9.57. The van der Waals surface area contributed by atoms with E-state index < -0.39 is 26.6 Å². The predicted molar refractivity (Wildman–Crippen MR) is 74.1 cm³/mol. The second kappa shape index (κ2) is 5.63.